The molecule has 1 atom stereocenters. The molecule has 2 heterocycles. The second-order valence-electron chi connectivity index (χ2n) is 10.4. The zero-order chi connectivity index (χ0) is 31.3. The van der Waals surface area contributed by atoms with Gasteiger partial charge in [0.2, 0.25) is 5.95 Å². The number of aromatic amines is 1. The molecule has 1 aliphatic carbocycles. The quantitative estimate of drug-likeness (QED) is 0.201. The number of nitrogens with one attached hydrogen (secondary N) is 2. The summed E-state index contributed by atoms with van der Waals surface area (Å²) in [6.45, 7) is 0.616. The predicted molar refractivity (Wildman–Crippen MR) is 159 cm³/mol. The lowest BCUT2D eigenvalue weighted by Crippen LogP contribution is -2.26. The standard InChI is InChI=1S/C30H28N6O.C2HF3O2/c31-30-33-15-13-25(36-30)21-10-11-26-27(18-21)35-28(34-26)22-8-6-20-7-9-23(17-24(20)16-22)29(37)32-14-12-19-4-2-1-3-5-19;3-2(4,5)1(6)7/h1-5,7,9-11,13,15,17-18,22H,6,8,12,14,16H2,(H,32,37)(H,34,35)(H2,31,33,36);(H,6,7). The Morgan fingerprint density at radius 3 is 2.50 bits per heavy atom. The second kappa shape index (κ2) is 12.9. The molecule has 12 heteroatoms. The number of nitrogens with two attached hydrogens (primary N) is 1. The molecule has 44 heavy (non-hydrogen) atoms. The van der Waals surface area contributed by atoms with E-state index in [0.717, 1.165) is 53.8 Å². The average molecular weight is 603 g/mol. The van der Waals surface area contributed by atoms with E-state index < -0.39 is 12.1 Å². The number of H-pyrrole nitrogens is 1. The Bertz CT molecular complexity index is 1790. The van der Waals surface area contributed by atoms with Gasteiger partial charge in [0, 0.05) is 29.8 Å². The minimum atomic E-state index is -5.08. The lowest BCUT2D eigenvalue weighted by atomic mass is 9.82. The Morgan fingerprint density at radius 1 is 1.00 bits per heavy atom. The molecule has 1 amide bonds. The van der Waals surface area contributed by atoms with Crippen LogP contribution in [0.25, 0.3) is 22.3 Å². The molecule has 6 rings (SSSR count). The van der Waals surface area contributed by atoms with Crippen molar-refractivity contribution >= 4 is 28.9 Å². The third-order valence-corrected chi connectivity index (χ3v) is 7.34. The fourth-order valence-corrected chi connectivity index (χ4v) is 5.12. The number of amides is 1. The van der Waals surface area contributed by atoms with E-state index in [9.17, 15) is 18.0 Å². The summed E-state index contributed by atoms with van der Waals surface area (Å²) in [7, 11) is 0. The molecule has 226 valence electrons. The largest absolute Gasteiger partial charge is 0.490 e. The molecule has 0 bridgehead atoms. The van der Waals surface area contributed by atoms with Gasteiger partial charge in [-0.1, -0.05) is 42.5 Å². The molecule has 0 radical (unpaired) electrons. The van der Waals surface area contributed by atoms with Crippen molar-refractivity contribution in [3.63, 3.8) is 0 Å². The predicted octanol–water partition coefficient (Wildman–Crippen LogP) is 5.48. The molecule has 1 aliphatic rings. The van der Waals surface area contributed by atoms with Crippen LogP contribution in [-0.2, 0) is 24.1 Å². The number of alkyl halides is 3. The lowest BCUT2D eigenvalue weighted by molar-refractivity contribution is -0.192. The Kier molecular flexibility index (Phi) is 8.88. The number of carbonyl (C=O) groups excluding carboxylic acids is 1. The number of aromatic nitrogens is 4. The first-order chi connectivity index (χ1) is 21.1. The molecule has 0 saturated heterocycles. The molecule has 0 aliphatic heterocycles. The van der Waals surface area contributed by atoms with Crippen LogP contribution < -0.4 is 11.1 Å². The van der Waals surface area contributed by atoms with Gasteiger partial charge >= 0.3 is 12.1 Å². The van der Waals surface area contributed by atoms with Crippen molar-refractivity contribution < 1.29 is 27.9 Å². The monoisotopic (exact) mass is 602 g/mol. The number of carboxylic acid groups (broad SMARTS) is 1. The van der Waals surface area contributed by atoms with Gasteiger partial charge in [0.1, 0.15) is 5.82 Å². The van der Waals surface area contributed by atoms with Gasteiger partial charge < -0.3 is 21.1 Å². The second-order valence-corrected chi connectivity index (χ2v) is 10.4. The summed E-state index contributed by atoms with van der Waals surface area (Å²) in [6.07, 6.45) is 0.244. The third-order valence-electron chi connectivity index (χ3n) is 7.34. The number of carbonyl (C=O) groups is 2. The van der Waals surface area contributed by atoms with Gasteiger partial charge in [-0.3, -0.25) is 4.79 Å². The lowest BCUT2D eigenvalue weighted by Gasteiger charge is -2.23. The molecule has 0 spiro atoms. The van der Waals surface area contributed by atoms with Gasteiger partial charge in [-0.2, -0.15) is 13.2 Å². The summed E-state index contributed by atoms with van der Waals surface area (Å²) >= 11 is 0. The Morgan fingerprint density at radius 2 is 1.77 bits per heavy atom. The van der Waals surface area contributed by atoms with Crippen LogP contribution in [0.5, 0.6) is 0 Å². The fraction of sp³-hybridized carbons (Fsp3) is 0.219. The number of hydrogen-bond acceptors (Lipinski definition) is 6. The van der Waals surface area contributed by atoms with E-state index in [1.807, 2.05) is 42.5 Å². The zero-order valence-electron chi connectivity index (χ0n) is 23.4. The van der Waals surface area contributed by atoms with Crippen LogP contribution in [0.2, 0.25) is 0 Å². The van der Waals surface area contributed by atoms with E-state index in [4.69, 9.17) is 20.6 Å². The Labute approximate surface area is 250 Å². The summed E-state index contributed by atoms with van der Waals surface area (Å²) in [5.74, 6) is -1.27. The number of fused-ring (bicyclic) bond motifs is 2. The van der Waals surface area contributed by atoms with Gasteiger partial charge in [0.25, 0.3) is 5.91 Å². The highest BCUT2D eigenvalue weighted by Gasteiger charge is 2.38. The number of aliphatic carboxylic acids is 1. The highest BCUT2D eigenvalue weighted by Crippen LogP contribution is 2.33. The molecule has 0 fully saturated rings. The molecule has 2 aromatic heterocycles. The van der Waals surface area contributed by atoms with Crippen LogP contribution in [-0.4, -0.2) is 49.6 Å². The maximum Gasteiger partial charge on any atom is 0.490 e. The first kappa shape index (κ1) is 30.2. The molecule has 0 saturated carbocycles. The number of carboxylic acids is 1. The van der Waals surface area contributed by atoms with Crippen molar-refractivity contribution in [3.8, 4) is 11.3 Å². The minimum absolute atomic E-state index is 0.0255. The minimum Gasteiger partial charge on any atom is -0.475 e. The van der Waals surface area contributed by atoms with Gasteiger partial charge in [0.15, 0.2) is 0 Å². The zero-order valence-corrected chi connectivity index (χ0v) is 23.4. The Balaban J connectivity index is 0.000000493. The smallest absolute Gasteiger partial charge is 0.475 e. The molecule has 3 aromatic carbocycles. The topological polar surface area (TPSA) is 147 Å². The summed E-state index contributed by atoms with van der Waals surface area (Å²) in [6, 6.07) is 24.2. The van der Waals surface area contributed by atoms with E-state index in [1.54, 1.807) is 6.20 Å². The number of halogens is 3. The molecular weight excluding hydrogens is 573 g/mol. The van der Waals surface area contributed by atoms with E-state index in [-0.39, 0.29) is 17.8 Å². The first-order valence-corrected chi connectivity index (χ1v) is 13.9. The van der Waals surface area contributed by atoms with Gasteiger partial charge in [-0.25, -0.2) is 19.7 Å². The van der Waals surface area contributed by atoms with E-state index in [0.29, 0.717) is 12.1 Å². The van der Waals surface area contributed by atoms with E-state index in [2.05, 4.69) is 50.6 Å². The van der Waals surface area contributed by atoms with Crippen molar-refractivity contribution in [2.75, 3.05) is 12.3 Å². The Hall–Kier alpha value is -5.26. The first-order valence-electron chi connectivity index (χ1n) is 13.9. The van der Waals surface area contributed by atoms with Crippen LogP contribution >= 0.6 is 0 Å². The van der Waals surface area contributed by atoms with Crippen LogP contribution in [0.3, 0.4) is 0 Å². The van der Waals surface area contributed by atoms with Gasteiger partial charge in [0.05, 0.1) is 16.7 Å². The van der Waals surface area contributed by atoms with Crippen molar-refractivity contribution in [1.29, 1.82) is 0 Å². The van der Waals surface area contributed by atoms with Crippen LogP contribution in [0.4, 0.5) is 19.1 Å². The maximum absolute atomic E-state index is 12.8. The third kappa shape index (κ3) is 7.38. The van der Waals surface area contributed by atoms with Crippen LogP contribution in [0.15, 0.2) is 79.0 Å². The summed E-state index contributed by atoms with van der Waals surface area (Å²) in [5, 5.41) is 10.2. The number of rotatable bonds is 6. The number of nitrogen functional groups attached to an aromatic ring is 1. The number of benzene rings is 3. The highest BCUT2D eigenvalue weighted by atomic mass is 19.4. The SMILES string of the molecule is Nc1nccc(-c2ccc3nc(C4CCc5ccc(C(=O)NCCc6ccccc6)cc5C4)[nH]c3c2)n1.O=C(O)C(F)(F)F. The fourth-order valence-electron chi connectivity index (χ4n) is 5.12. The molecular formula is C32H29F3N6O3. The van der Waals surface area contributed by atoms with Crippen molar-refractivity contribution in [1.82, 2.24) is 25.3 Å². The maximum atomic E-state index is 12.8. The highest BCUT2D eigenvalue weighted by molar-refractivity contribution is 5.94. The van der Waals surface area contributed by atoms with Crippen molar-refractivity contribution in [3.05, 3.63) is 107 Å². The van der Waals surface area contributed by atoms with E-state index >= 15 is 0 Å². The van der Waals surface area contributed by atoms with Gasteiger partial charge in [-0.15, -0.1) is 0 Å². The van der Waals surface area contributed by atoms with E-state index in [1.165, 1.54) is 16.7 Å². The molecule has 9 nitrogen and oxygen atoms in total. The number of imidazole rings is 1. The van der Waals surface area contributed by atoms with Crippen molar-refractivity contribution in [2.45, 2.75) is 37.8 Å². The molecule has 5 N–H and O–H groups in total. The van der Waals surface area contributed by atoms with Crippen LogP contribution in [0.1, 0.15) is 45.2 Å². The number of nitrogens with zero attached hydrogens (tertiary/aromatic N) is 3. The number of anilines is 1. The molecule has 5 aromatic rings. The number of aryl methyl sites for hydroxylation is 1. The number of hydrogen-bond donors (Lipinski definition) is 4. The van der Waals surface area contributed by atoms with Gasteiger partial charge in [-0.05, 0) is 72.7 Å². The van der Waals surface area contributed by atoms with Crippen molar-refractivity contribution in [2.24, 2.45) is 0 Å². The summed E-state index contributed by atoms with van der Waals surface area (Å²) in [5.41, 5.74) is 13.9. The summed E-state index contributed by atoms with van der Waals surface area (Å²) < 4.78 is 31.7. The summed E-state index contributed by atoms with van der Waals surface area (Å²) in [4.78, 5) is 38.4. The normalized spacial score (nSPS) is 14.3. The average Bonchev–Trinajstić information content (AvgIpc) is 3.44. The van der Waals surface area contributed by atoms with Crippen LogP contribution in [0, 0.1) is 0 Å². The molecule has 1 unspecified atom stereocenters.